The molecule has 46 heavy (non-hydrogen) atoms. The molecular weight excluding hydrogens is 615 g/mol. The molecule has 2 aliphatic heterocycles. The van der Waals surface area contributed by atoms with E-state index >= 15 is 4.39 Å². The molecule has 3 amide bonds. The maximum Gasteiger partial charge on any atom is 0.491 e. The zero-order valence-electron chi connectivity index (χ0n) is 25.6. The van der Waals surface area contributed by atoms with E-state index in [0.29, 0.717) is 30.3 Å². The number of carbonyl (C=O) groups is 4. The Hall–Kier alpha value is -4.07. The van der Waals surface area contributed by atoms with Gasteiger partial charge in [0.15, 0.2) is 0 Å². The largest absolute Gasteiger partial charge is 0.491 e. The topological polar surface area (TPSA) is 99.3 Å². The molecule has 9 nitrogen and oxygen atoms in total. The van der Waals surface area contributed by atoms with Crippen LogP contribution in [0.2, 0.25) is 0 Å². The Morgan fingerprint density at radius 3 is 2.15 bits per heavy atom. The van der Waals surface area contributed by atoms with Crippen LogP contribution in [-0.4, -0.2) is 89.6 Å². The first-order valence-electron chi connectivity index (χ1n) is 15.1. The number of halogens is 5. The summed E-state index contributed by atoms with van der Waals surface area (Å²) < 4.78 is 76.0. The monoisotopic (exact) mass is 650 g/mol. The summed E-state index contributed by atoms with van der Waals surface area (Å²) in [5.74, 6) is -9.44. The van der Waals surface area contributed by atoms with Gasteiger partial charge in [-0.1, -0.05) is 44.2 Å². The van der Waals surface area contributed by atoms with Gasteiger partial charge in [-0.25, -0.2) is 13.6 Å². The van der Waals surface area contributed by atoms with E-state index in [2.05, 4.69) is 5.32 Å². The van der Waals surface area contributed by atoms with Crippen LogP contribution in [-0.2, 0) is 36.8 Å². The summed E-state index contributed by atoms with van der Waals surface area (Å²) in [6, 6.07) is 5.83. The number of carbonyl (C=O) groups excluding carboxylic acids is 4. The van der Waals surface area contributed by atoms with Crippen molar-refractivity contribution >= 4 is 23.7 Å². The van der Waals surface area contributed by atoms with Gasteiger partial charge in [-0.2, -0.15) is 13.2 Å². The van der Waals surface area contributed by atoms with Crippen molar-refractivity contribution in [2.45, 2.75) is 57.1 Å². The van der Waals surface area contributed by atoms with E-state index in [9.17, 15) is 36.7 Å². The maximum atomic E-state index is 15.6. The van der Waals surface area contributed by atoms with E-state index in [1.165, 1.54) is 4.90 Å². The number of piperazine rings is 2. The number of benzene rings is 2. The fraction of sp³-hybridized carbons (Fsp3) is 0.500. The van der Waals surface area contributed by atoms with Crippen LogP contribution in [0.4, 0.5) is 22.0 Å². The Kier molecular flexibility index (Phi) is 9.13. The van der Waals surface area contributed by atoms with Gasteiger partial charge in [0.1, 0.15) is 23.7 Å². The molecule has 14 heteroatoms. The fourth-order valence-electron chi connectivity index (χ4n) is 6.55. The second-order valence-electron chi connectivity index (χ2n) is 12.5. The summed E-state index contributed by atoms with van der Waals surface area (Å²) in [6.07, 6.45) is -5.70. The number of hydrogen-bond donors (Lipinski definition) is 1. The first-order chi connectivity index (χ1) is 21.6. The minimum absolute atomic E-state index is 0.0437. The SMILES string of the molecule is CC(C)C[C@@H]1C(=O)N[C@@](OC(=O)C(F)(F)F)(C2Cc3ccccc3C2)C(=O)N1[C@@H](C(=O)N1CCN(C)CC1)c1ccc(F)cc1F. The summed E-state index contributed by atoms with van der Waals surface area (Å²) in [5, 5.41) is 2.34. The third kappa shape index (κ3) is 6.31. The number of hydrogen-bond acceptors (Lipinski definition) is 6. The van der Waals surface area contributed by atoms with Gasteiger partial charge < -0.3 is 24.8 Å². The van der Waals surface area contributed by atoms with E-state index < -0.39 is 70.8 Å². The number of nitrogens with one attached hydrogen (secondary N) is 1. The van der Waals surface area contributed by atoms with E-state index in [1.54, 1.807) is 38.1 Å². The van der Waals surface area contributed by atoms with Crippen molar-refractivity contribution in [1.82, 2.24) is 20.0 Å². The standard InChI is InChI=1S/C32H35F5N4O5/c1-18(2)14-25-27(42)38-31(46-30(45)32(35,36)37,21-15-19-6-4-5-7-20(19)16-21)29(44)41(25)26(23-9-8-22(33)17-24(23)34)28(43)40-12-10-39(3)11-13-40/h4-9,17-18,21,25-26H,10-16H2,1-3H3,(H,38,42)/t25-,26-,31-/m1/s1. The Bertz CT molecular complexity index is 1500. The molecule has 0 spiro atoms. The van der Waals surface area contributed by atoms with Gasteiger partial charge in [-0.05, 0) is 49.4 Å². The van der Waals surface area contributed by atoms with Crippen LogP contribution in [0.1, 0.15) is 43.0 Å². The molecule has 0 bridgehead atoms. The van der Waals surface area contributed by atoms with Gasteiger partial charge >= 0.3 is 12.1 Å². The van der Waals surface area contributed by atoms with E-state index in [1.807, 2.05) is 11.9 Å². The summed E-state index contributed by atoms with van der Waals surface area (Å²) in [7, 11) is 1.83. The van der Waals surface area contributed by atoms with Gasteiger partial charge in [-0.3, -0.25) is 14.4 Å². The van der Waals surface area contributed by atoms with Crippen LogP contribution in [0.3, 0.4) is 0 Å². The molecule has 3 atom stereocenters. The highest BCUT2D eigenvalue weighted by Gasteiger charge is 2.63. The van der Waals surface area contributed by atoms with E-state index in [-0.39, 0.29) is 38.3 Å². The summed E-state index contributed by atoms with van der Waals surface area (Å²) in [5.41, 5.74) is -2.01. The van der Waals surface area contributed by atoms with E-state index in [4.69, 9.17) is 4.74 Å². The molecule has 0 radical (unpaired) electrons. The fourth-order valence-corrected chi connectivity index (χ4v) is 6.55. The first kappa shape index (κ1) is 33.3. The number of rotatable bonds is 7. The molecule has 2 fully saturated rings. The lowest BCUT2D eigenvalue weighted by Crippen LogP contribution is -2.76. The number of likely N-dealkylation sites (N-methyl/N-ethyl adjacent to an activating group) is 1. The molecule has 0 aromatic heterocycles. The number of alkyl halides is 3. The Morgan fingerprint density at radius 2 is 1.61 bits per heavy atom. The molecule has 3 aliphatic rings. The molecule has 0 unspecified atom stereocenters. The molecule has 0 saturated carbocycles. The highest BCUT2D eigenvalue weighted by atomic mass is 19.4. The predicted octanol–water partition coefficient (Wildman–Crippen LogP) is 3.37. The van der Waals surface area contributed by atoms with Crippen molar-refractivity contribution in [1.29, 1.82) is 0 Å². The normalized spacial score (nSPS) is 23.4. The maximum absolute atomic E-state index is 15.6. The molecule has 1 N–H and O–H groups in total. The molecule has 1 aliphatic carbocycles. The third-order valence-corrected chi connectivity index (χ3v) is 8.89. The van der Waals surface area contributed by atoms with Crippen LogP contribution in [0.5, 0.6) is 0 Å². The lowest BCUT2D eigenvalue weighted by atomic mass is 9.84. The van der Waals surface area contributed by atoms with Crippen molar-refractivity contribution in [2.24, 2.45) is 11.8 Å². The summed E-state index contributed by atoms with van der Waals surface area (Å²) >= 11 is 0. The molecule has 2 aromatic carbocycles. The Morgan fingerprint density at radius 1 is 1.00 bits per heavy atom. The number of esters is 1. The van der Waals surface area contributed by atoms with Crippen LogP contribution >= 0.6 is 0 Å². The molecule has 5 rings (SSSR count). The van der Waals surface area contributed by atoms with Crippen molar-refractivity contribution in [3.8, 4) is 0 Å². The highest BCUT2D eigenvalue weighted by molar-refractivity contribution is 6.03. The molecule has 2 aromatic rings. The van der Waals surface area contributed by atoms with Crippen LogP contribution in [0.25, 0.3) is 0 Å². The predicted molar refractivity (Wildman–Crippen MR) is 154 cm³/mol. The summed E-state index contributed by atoms with van der Waals surface area (Å²) in [4.78, 5) is 59.8. The van der Waals surface area contributed by atoms with Gasteiger partial charge in [0.2, 0.25) is 11.8 Å². The average molecular weight is 651 g/mol. The minimum Gasteiger partial charge on any atom is -0.422 e. The number of amides is 3. The molecule has 2 saturated heterocycles. The Balaban J connectivity index is 1.70. The quantitative estimate of drug-likeness (QED) is 0.365. The van der Waals surface area contributed by atoms with Crippen molar-refractivity contribution in [3.63, 3.8) is 0 Å². The van der Waals surface area contributed by atoms with Crippen LogP contribution in [0.15, 0.2) is 42.5 Å². The zero-order chi connectivity index (χ0) is 33.6. The van der Waals surface area contributed by atoms with Crippen LogP contribution < -0.4 is 5.32 Å². The van der Waals surface area contributed by atoms with Gasteiger partial charge in [0.25, 0.3) is 11.6 Å². The number of fused-ring (bicyclic) bond motifs is 1. The lowest BCUT2D eigenvalue weighted by molar-refractivity contribution is -0.229. The number of nitrogens with zero attached hydrogens (tertiary/aromatic N) is 3. The van der Waals surface area contributed by atoms with Gasteiger partial charge in [-0.15, -0.1) is 0 Å². The highest BCUT2D eigenvalue weighted by Crippen LogP contribution is 2.43. The smallest absolute Gasteiger partial charge is 0.422 e. The van der Waals surface area contributed by atoms with Crippen molar-refractivity contribution in [2.75, 3.05) is 33.2 Å². The minimum atomic E-state index is -5.54. The first-order valence-corrected chi connectivity index (χ1v) is 15.1. The van der Waals surface area contributed by atoms with Crippen LogP contribution in [0, 0.1) is 23.5 Å². The zero-order valence-corrected chi connectivity index (χ0v) is 25.6. The lowest BCUT2D eigenvalue weighted by Gasteiger charge is -2.50. The average Bonchev–Trinajstić information content (AvgIpc) is 3.42. The second-order valence-corrected chi connectivity index (χ2v) is 12.5. The van der Waals surface area contributed by atoms with E-state index in [0.717, 1.165) is 17.0 Å². The second kappa shape index (κ2) is 12.6. The molecule has 248 valence electrons. The summed E-state index contributed by atoms with van der Waals surface area (Å²) in [6.45, 7) is 4.66. The molecular formula is C32H35F5N4O5. The van der Waals surface area contributed by atoms with Crippen molar-refractivity contribution in [3.05, 3.63) is 70.8 Å². The van der Waals surface area contributed by atoms with Gasteiger partial charge in [0.05, 0.1) is 0 Å². The van der Waals surface area contributed by atoms with Gasteiger partial charge in [0, 0.05) is 43.7 Å². The van der Waals surface area contributed by atoms with Crippen molar-refractivity contribution < 1.29 is 45.9 Å². The molecule has 2 heterocycles. The third-order valence-electron chi connectivity index (χ3n) is 8.89. The Labute approximate surface area is 262 Å². The number of ether oxygens (including phenoxy) is 1.